The molecule has 4 unspecified atom stereocenters. The van der Waals surface area contributed by atoms with E-state index in [1.807, 2.05) is 0 Å². The Morgan fingerprint density at radius 1 is 1.14 bits per heavy atom. The molecule has 0 aromatic rings. The maximum absolute atomic E-state index is 5.41. The standard InChI is InChI=1S/C11H20N2O/c1-4-13-5-2-11(9(1)7-13)12-10-3-6-14-8-10/h9-12H,1-8H2. The van der Waals surface area contributed by atoms with Gasteiger partial charge in [-0.2, -0.15) is 0 Å². The van der Waals surface area contributed by atoms with E-state index in [1.165, 1.54) is 38.9 Å². The topological polar surface area (TPSA) is 24.5 Å². The molecule has 3 fully saturated rings. The van der Waals surface area contributed by atoms with Crippen LogP contribution in [-0.2, 0) is 4.74 Å². The number of ether oxygens (including phenoxy) is 1. The Morgan fingerprint density at radius 3 is 2.93 bits per heavy atom. The second-order valence-electron chi connectivity index (χ2n) is 4.97. The normalized spacial score (nSPS) is 47.1. The first-order valence-electron chi connectivity index (χ1n) is 5.98. The van der Waals surface area contributed by atoms with Crippen molar-refractivity contribution in [2.75, 3.05) is 32.8 Å². The van der Waals surface area contributed by atoms with Gasteiger partial charge in [0, 0.05) is 25.2 Å². The molecule has 3 heteroatoms. The Labute approximate surface area is 85.8 Å². The average Bonchev–Trinajstić information content (AvgIpc) is 2.80. The van der Waals surface area contributed by atoms with E-state index in [4.69, 9.17) is 4.74 Å². The lowest BCUT2D eigenvalue weighted by Gasteiger charge is -2.32. The van der Waals surface area contributed by atoms with Gasteiger partial charge in [0.2, 0.25) is 0 Å². The number of hydrogen-bond donors (Lipinski definition) is 1. The molecule has 3 rings (SSSR count). The Morgan fingerprint density at radius 2 is 2.07 bits per heavy atom. The quantitative estimate of drug-likeness (QED) is 0.694. The molecule has 0 spiro atoms. The van der Waals surface area contributed by atoms with Gasteiger partial charge in [0.1, 0.15) is 0 Å². The number of piperidine rings is 1. The van der Waals surface area contributed by atoms with Crippen molar-refractivity contribution in [2.24, 2.45) is 5.92 Å². The van der Waals surface area contributed by atoms with Crippen LogP contribution in [-0.4, -0.2) is 49.8 Å². The van der Waals surface area contributed by atoms with Gasteiger partial charge in [-0.3, -0.25) is 0 Å². The highest BCUT2D eigenvalue weighted by Crippen LogP contribution is 2.27. The number of hydrogen-bond acceptors (Lipinski definition) is 3. The van der Waals surface area contributed by atoms with E-state index < -0.39 is 0 Å². The summed E-state index contributed by atoms with van der Waals surface area (Å²) in [6.45, 7) is 5.88. The number of fused-ring (bicyclic) bond motifs is 2. The molecular formula is C11H20N2O. The average molecular weight is 196 g/mol. The van der Waals surface area contributed by atoms with Crippen LogP contribution < -0.4 is 5.32 Å². The van der Waals surface area contributed by atoms with Crippen LogP contribution in [0.15, 0.2) is 0 Å². The molecule has 3 aliphatic rings. The zero-order valence-corrected chi connectivity index (χ0v) is 8.74. The summed E-state index contributed by atoms with van der Waals surface area (Å²) in [5.74, 6) is 0.921. The van der Waals surface area contributed by atoms with E-state index in [1.54, 1.807) is 0 Å². The lowest BCUT2D eigenvalue weighted by Crippen LogP contribution is -2.48. The summed E-state index contributed by atoms with van der Waals surface area (Å²) >= 11 is 0. The molecule has 3 heterocycles. The highest BCUT2D eigenvalue weighted by molar-refractivity contribution is 4.92. The maximum atomic E-state index is 5.41. The van der Waals surface area contributed by atoms with Gasteiger partial charge in [0.25, 0.3) is 0 Å². The molecule has 2 bridgehead atoms. The van der Waals surface area contributed by atoms with E-state index in [0.29, 0.717) is 6.04 Å². The van der Waals surface area contributed by atoms with E-state index >= 15 is 0 Å². The van der Waals surface area contributed by atoms with Gasteiger partial charge >= 0.3 is 0 Å². The summed E-state index contributed by atoms with van der Waals surface area (Å²) in [7, 11) is 0. The largest absolute Gasteiger partial charge is 0.380 e. The predicted octanol–water partition coefficient (Wildman–Crippen LogP) is 0.459. The Balaban J connectivity index is 1.56. The minimum absolute atomic E-state index is 0.646. The zero-order valence-electron chi connectivity index (χ0n) is 8.74. The van der Waals surface area contributed by atoms with Crippen molar-refractivity contribution in [3.8, 4) is 0 Å². The summed E-state index contributed by atoms with van der Waals surface area (Å²) < 4.78 is 5.41. The van der Waals surface area contributed by atoms with Crippen molar-refractivity contribution in [2.45, 2.75) is 31.3 Å². The third-order valence-electron chi connectivity index (χ3n) is 4.01. The molecule has 0 aliphatic carbocycles. The molecule has 80 valence electrons. The Hall–Kier alpha value is -0.120. The second-order valence-corrected chi connectivity index (χ2v) is 4.97. The first kappa shape index (κ1) is 9.13. The fraction of sp³-hybridized carbons (Fsp3) is 1.00. The number of nitrogens with one attached hydrogen (secondary N) is 1. The summed E-state index contributed by atoms with van der Waals surface area (Å²) in [5, 5.41) is 3.79. The highest BCUT2D eigenvalue weighted by atomic mass is 16.5. The molecule has 3 aliphatic heterocycles. The monoisotopic (exact) mass is 196 g/mol. The second kappa shape index (κ2) is 3.80. The van der Waals surface area contributed by atoms with Crippen molar-refractivity contribution in [1.29, 1.82) is 0 Å². The van der Waals surface area contributed by atoms with E-state index in [2.05, 4.69) is 10.2 Å². The maximum Gasteiger partial charge on any atom is 0.0620 e. The van der Waals surface area contributed by atoms with Crippen molar-refractivity contribution in [3.05, 3.63) is 0 Å². The fourth-order valence-electron chi connectivity index (χ4n) is 3.14. The van der Waals surface area contributed by atoms with Gasteiger partial charge in [0.15, 0.2) is 0 Å². The van der Waals surface area contributed by atoms with Gasteiger partial charge in [0.05, 0.1) is 6.61 Å². The Bertz CT molecular complexity index is 203. The first-order chi connectivity index (χ1) is 6.92. The summed E-state index contributed by atoms with van der Waals surface area (Å²) in [6.07, 6.45) is 3.97. The molecule has 1 N–H and O–H groups in total. The minimum Gasteiger partial charge on any atom is -0.380 e. The fourth-order valence-corrected chi connectivity index (χ4v) is 3.14. The van der Waals surface area contributed by atoms with E-state index in [9.17, 15) is 0 Å². The van der Waals surface area contributed by atoms with Gasteiger partial charge < -0.3 is 15.0 Å². The van der Waals surface area contributed by atoms with Crippen molar-refractivity contribution in [1.82, 2.24) is 10.2 Å². The summed E-state index contributed by atoms with van der Waals surface area (Å²) in [4.78, 5) is 2.61. The predicted molar refractivity (Wildman–Crippen MR) is 55.3 cm³/mol. The van der Waals surface area contributed by atoms with Crippen LogP contribution in [0.4, 0.5) is 0 Å². The molecule has 0 radical (unpaired) electrons. The van der Waals surface area contributed by atoms with Crippen molar-refractivity contribution in [3.63, 3.8) is 0 Å². The third-order valence-corrected chi connectivity index (χ3v) is 4.01. The number of rotatable bonds is 2. The van der Waals surface area contributed by atoms with E-state index in [0.717, 1.165) is 25.2 Å². The van der Waals surface area contributed by atoms with Crippen LogP contribution in [0.3, 0.4) is 0 Å². The van der Waals surface area contributed by atoms with Crippen molar-refractivity contribution >= 4 is 0 Å². The molecule has 14 heavy (non-hydrogen) atoms. The lowest BCUT2D eigenvalue weighted by molar-refractivity contribution is 0.174. The molecule has 0 amide bonds. The third kappa shape index (κ3) is 1.69. The SMILES string of the molecule is C1CC(NC2CCN3CCC2C3)CO1. The molecule has 0 saturated carbocycles. The number of nitrogens with zero attached hydrogens (tertiary/aromatic N) is 1. The van der Waals surface area contributed by atoms with Crippen LogP contribution in [0.1, 0.15) is 19.3 Å². The van der Waals surface area contributed by atoms with Crippen LogP contribution in [0.2, 0.25) is 0 Å². The zero-order chi connectivity index (χ0) is 9.38. The van der Waals surface area contributed by atoms with Gasteiger partial charge in [-0.1, -0.05) is 0 Å². The molecule has 3 nitrogen and oxygen atoms in total. The summed E-state index contributed by atoms with van der Waals surface area (Å²) in [6, 6.07) is 1.42. The minimum atomic E-state index is 0.646. The van der Waals surface area contributed by atoms with E-state index in [-0.39, 0.29) is 0 Å². The summed E-state index contributed by atoms with van der Waals surface area (Å²) in [5.41, 5.74) is 0. The van der Waals surface area contributed by atoms with Crippen LogP contribution in [0.25, 0.3) is 0 Å². The smallest absolute Gasteiger partial charge is 0.0620 e. The Kier molecular flexibility index (Phi) is 2.48. The molecule has 3 saturated heterocycles. The molecular weight excluding hydrogens is 176 g/mol. The van der Waals surface area contributed by atoms with Gasteiger partial charge in [-0.05, 0) is 38.3 Å². The van der Waals surface area contributed by atoms with Crippen molar-refractivity contribution < 1.29 is 4.74 Å². The van der Waals surface area contributed by atoms with Crippen LogP contribution in [0, 0.1) is 5.92 Å². The molecule has 0 aromatic heterocycles. The van der Waals surface area contributed by atoms with Gasteiger partial charge in [-0.15, -0.1) is 0 Å². The van der Waals surface area contributed by atoms with Crippen LogP contribution in [0.5, 0.6) is 0 Å². The lowest BCUT2D eigenvalue weighted by atomic mass is 9.93. The molecule has 4 atom stereocenters. The van der Waals surface area contributed by atoms with Crippen LogP contribution >= 0.6 is 0 Å². The highest BCUT2D eigenvalue weighted by Gasteiger charge is 2.35. The molecule has 0 aromatic carbocycles. The first-order valence-corrected chi connectivity index (χ1v) is 5.98. The van der Waals surface area contributed by atoms with Gasteiger partial charge in [-0.25, -0.2) is 0 Å².